The number of nitrogens with one attached hydrogen (secondary N) is 1. The second kappa shape index (κ2) is 5.27. The molecule has 0 amide bonds. The zero-order valence-electron chi connectivity index (χ0n) is 9.81. The first kappa shape index (κ1) is 13.3. The van der Waals surface area contributed by atoms with E-state index >= 15 is 0 Å². The van der Waals surface area contributed by atoms with Gasteiger partial charge in [-0.3, -0.25) is 10.1 Å². The van der Waals surface area contributed by atoms with Gasteiger partial charge in [-0.05, 0) is 13.0 Å². The number of anilines is 1. The highest BCUT2D eigenvalue weighted by Gasteiger charge is 2.21. The maximum Gasteiger partial charge on any atom is 0.295 e. The molecule has 0 saturated carbocycles. The van der Waals surface area contributed by atoms with Crippen molar-refractivity contribution in [3.8, 4) is 0 Å². The molecule has 0 aliphatic carbocycles. The maximum atomic E-state index is 13.6. The molecule has 19 heavy (non-hydrogen) atoms. The molecule has 0 saturated heterocycles. The molecule has 2 aromatic rings. The van der Waals surface area contributed by atoms with Gasteiger partial charge in [-0.15, -0.1) is 11.3 Å². The first-order chi connectivity index (χ1) is 8.99. The molecule has 0 aliphatic rings. The van der Waals surface area contributed by atoms with Crippen LogP contribution in [-0.2, 0) is 6.54 Å². The van der Waals surface area contributed by atoms with E-state index in [-0.39, 0.29) is 6.54 Å². The summed E-state index contributed by atoms with van der Waals surface area (Å²) in [6, 6.07) is 1.65. The summed E-state index contributed by atoms with van der Waals surface area (Å²) in [7, 11) is 0. The Morgan fingerprint density at radius 2 is 2.21 bits per heavy atom. The molecule has 0 spiro atoms. The lowest BCUT2D eigenvalue weighted by Gasteiger charge is -2.07. The number of nitro benzene ring substituents is 1. The summed E-state index contributed by atoms with van der Waals surface area (Å²) in [5.74, 6) is -2.40. The van der Waals surface area contributed by atoms with E-state index in [4.69, 9.17) is 0 Å². The van der Waals surface area contributed by atoms with Gasteiger partial charge in [0.25, 0.3) is 5.69 Å². The molecule has 1 aromatic heterocycles. The highest BCUT2D eigenvalue weighted by Crippen LogP contribution is 2.29. The molecule has 0 atom stereocenters. The van der Waals surface area contributed by atoms with E-state index in [0.717, 1.165) is 17.8 Å². The molecule has 1 heterocycles. The van der Waals surface area contributed by atoms with Crippen LogP contribution in [0.15, 0.2) is 17.5 Å². The standard InChI is InChI=1S/C11H9F2N3O2S/c1-6-5-19-9(15-6)4-14-11-8(16(17)18)3-2-7(12)10(11)13/h2-3,5,14H,4H2,1H3. The number of hydrogen-bond donors (Lipinski definition) is 1. The van der Waals surface area contributed by atoms with Gasteiger partial charge in [0.2, 0.25) is 0 Å². The van der Waals surface area contributed by atoms with Crippen molar-refractivity contribution >= 4 is 22.7 Å². The van der Waals surface area contributed by atoms with E-state index in [1.807, 2.05) is 0 Å². The van der Waals surface area contributed by atoms with Crippen LogP contribution in [0.3, 0.4) is 0 Å². The van der Waals surface area contributed by atoms with Crippen molar-refractivity contribution in [3.63, 3.8) is 0 Å². The third-order valence-electron chi connectivity index (χ3n) is 2.35. The van der Waals surface area contributed by atoms with E-state index in [1.54, 1.807) is 12.3 Å². The number of hydrogen-bond acceptors (Lipinski definition) is 5. The van der Waals surface area contributed by atoms with Gasteiger partial charge in [-0.1, -0.05) is 0 Å². The van der Waals surface area contributed by atoms with E-state index in [2.05, 4.69) is 10.3 Å². The van der Waals surface area contributed by atoms with Crippen LogP contribution < -0.4 is 5.32 Å². The van der Waals surface area contributed by atoms with Crippen molar-refractivity contribution in [1.29, 1.82) is 0 Å². The van der Waals surface area contributed by atoms with Crippen LogP contribution in [0.5, 0.6) is 0 Å². The molecule has 0 radical (unpaired) electrons. The SMILES string of the molecule is Cc1csc(CNc2c([N+](=O)[O-])ccc(F)c2F)n1. The van der Waals surface area contributed by atoms with E-state index in [1.165, 1.54) is 11.3 Å². The molecule has 0 aliphatic heterocycles. The van der Waals surface area contributed by atoms with Crippen molar-refractivity contribution in [2.45, 2.75) is 13.5 Å². The number of rotatable bonds is 4. The molecule has 100 valence electrons. The monoisotopic (exact) mass is 285 g/mol. The summed E-state index contributed by atoms with van der Waals surface area (Å²) in [6.45, 7) is 1.89. The van der Waals surface area contributed by atoms with Crippen LogP contribution in [0.4, 0.5) is 20.2 Å². The highest BCUT2D eigenvalue weighted by atomic mass is 32.1. The molecule has 1 aromatic carbocycles. The fourth-order valence-corrected chi connectivity index (χ4v) is 2.22. The zero-order chi connectivity index (χ0) is 14.0. The van der Waals surface area contributed by atoms with Gasteiger partial charge >= 0.3 is 0 Å². The van der Waals surface area contributed by atoms with Gasteiger partial charge in [-0.2, -0.15) is 0 Å². The van der Waals surface area contributed by atoms with Crippen LogP contribution >= 0.6 is 11.3 Å². The second-order valence-corrected chi connectivity index (χ2v) is 4.69. The second-order valence-electron chi connectivity index (χ2n) is 3.75. The Balaban J connectivity index is 2.28. The third-order valence-corrected chi connectivity index (χ3v) is 3.32. The van der Waals surface area contributed by atoms with Crippen LogP contribution in [-0.4, -0.2) is 9.91 Å². The Bertz CT molecular complexity index is 630. The number of nitro groups is 1. The van der Waals surface area contributed by atoms with Crippen LogP contribution in [0, 0.1) is 28.7 Å². The van der Waals surface area contributed by atoms with Gasteiger partial charge in [0.1, 0.15) is 5.01 Å². The molecule has 0 unspecified atom stereocenters. The maximum absolute atomic E-state index is 13.6. The summed E-state index contributed by atoms with van der Waals surface area (Å²) in [6.07, 6.45) is 0. The third kappa shape index (κ3) is 2.84. The Morgan fingerprint density at radius 3 is 2.79 bits per heavy atom. The molecule has 0 bridgehead atoms. The average Bonchev–Trinajstić information content (AvgIpc) is 2.76. The molecule has 0 fully saturated rings. The van der Waals surface area contributed by atoms with Crippen molar-refractivity contribution < 1.29 is 13.7 Å². The summed E-state index contributed by atoms with van der Waals surface area (Å²) < 4.78 is 26.7. The number of aryl methyl sites for hydroxylation is 1. The summed E-state index contributed by atoms with van der Waals surface area (Å²) in [5, 5.41) is 15.7. The predicted molar refractivity (Wildman–Crippen MR) is 67.2 cm³/mol. The fourth-order valence-electron chi connectivity index (χ4n) is 1.51. The topological polar surface area (TPSA) is 68.1 Å². The zero-order valence-corrected chi connectivity index (χ0v) is 10.6. The molecule has 5 nitrogen and oxygen atoms in total. The largest absolute Gasteiger partial charge is 0.370 e. The van der Waals surface area contributed by atoms with Crippen molar-refractivity contribution in [2.24, 2.45) is 0 Å². The lowest BCUT2D eigenvalue weighted by Crippen LogP contribution is -2.06. The van der Waals surface area contributed by atoms with Crippen LogP contribution in [0.25, 0.3) is 0 Å². The minimum absolute atomic E-state index is 0.0969. The van der Waals surface area contributed by atoms with Gasteiger partial charge in [-0.25, -0.2) is 13.8 Å². The Labute approximate surface area is 111 Å². The predicted octanol–water partition coefficient (Wildman–Crippen LogP) is 3.25. The van der Waals surface area contributed by atoms with Gasteiger partial charge in [0, 0.05) is 17.1 Å². The number of nitrogens with zero attached hydrogens (tertiary/aromatic N) is 2. The fraction of sp³-hybridized carbons (Fsp3) is 0.182. The first-order valence-corrected chi connectivity index (χ1v) is 6.14. The molecule has 2 rings (SSSR count). The highest BCUT2D eigenvalue weighted by molar-refractivity contribution is 7.09. The van der Waals surface area contributed by atoms with E-state index in [0.29, 0.717) is 5.01 Å². The number of aromatic nitrogens is 1. The van der Waals surface area contributed by atoms with Gasteiger partial charge in [0.05, 0.1) is 11.5 Å². The summed E-state index contributed by atoms with van der Waals surface area (Å²) in [4.78, 5) is 14.1. The lowest BCUT2D eigenvalue weighted by atomic mass is 10.2. The molecular weight excluding hydrogens is 276 g/mol. The smallest absolute Gasteiger partial charge is 0.295 e. The quantitative estimate of drug-likeness (QED) is 0.691. The van der Waals surface area contributed by atoms with Crippen molar-refractivity contribution in [3.05, 3.63) is 50.0 Å². The van der Waals surface area contributed by atoms with Crippen LogP contribution in [0.2, 0.25) is 0 Å². The minimum atomic E-state index is -1.26. The number of halogens is 2. The molecular formula is C11H9F2N3O2S. The van der Waals surface area contributed by atoms with Crippen molar-refractivity contribution in [2.75, 3.05) is 5.32 Å². The van der Waals surface area contributed by atoms with Crippen LogP contribution in [0.1, 0.15) is 10.7 Å². The van der Waals surface area contributed by atoms with Crippen molar-refractivity contribution in [1.82, 2.24) is 4.98 Å². The van der Waals surface area contributed by atoms with Gasteiger partial charge < -0.3 is 5.32 Å². The minimum Gasteiger partial charge on any atom is -0.370 e. The summed E-state index contributed by atoms with van der Waals surface area (Å²) in [5.41, 5.74) is -0.166. The number of thiazole rings is 1. The van der Waals surface area contributed by atoms with Gasteiger partial charge in [0.15, 0.2) is 17.3 Å². The van der Waals surface area contributed by atoms with E-state index in [9.17, 15) is 18.9 Å². The molecule has 8 heteroatoms. The molecule has 1 N–H and O–H groups in total. The Morgan fingerprint density at radius 1 is 1.47 bits per heavy atom. The lowest BCUT2D eigenvalue weighted by molar-refractivity contribution is -0.384. The number of benzene rings is 1. The summed E-state index contributed by atoms with van der Waals surface area (Å²) >= 11 is 1.33. The van der Waals surface area contributed by atoms with E-state index < -0.39 is 27.9 Å². The average molecular weight is 285 g/mol. The normalized spacial score (nSPS) is 10.5. The first-order valence-electron chi connectivity index (χ1n) is 5.26. The Kier molecular flexibility index (Phi) is 3.70. The Hall–Kier alpha value is -2.09.